The van der Waals surface area contributed by atoms with Crippen LogP contribution in [0.25, 0.3) is 6.08 Å². The third kappa shape index (κ3) is 3.05. The number of aliphatic hydroxyl groups is 2. The summed E-state index contributed by atoms with van der Waals surface area (Å²) >= 11 is 6.41. The maximum absolute atomic E-state index is 11.4. The maximum atomic E-state index is 11.4. The van der Waals surface area contributed by atoms with Crippen molar-refractivity contribution in [2.75, 3.05) is 0 Å². The van der Waals surface area contributed by atoms with E-state index in [0.717, 1.165) is 42.2 Å². The molecule has 0 heterocycles. The predicted octanol–water partition coefficient (Wildman–Crippen LogP) is 6.10. The fourth-order valence-electron chi connectivity index (χ4n) is 8.03. The average molecular weight is 415 g/mol. The maximum Gasteiger partial charge on any atom is 0.0809 e. The lowest BCUT2D eigenvalue weighted by Crippen LogP contribution is -2.54. The minimum Gasteiger partial charge on any atom is -0.393 e. The molecule has 0 bridgehead atoms. The third-order valence-electron chi connectivity index (χ3n) is 9.75. The normalized spacial score (nSPS) is 48.1. The molecule has 4 aliphatic carbocycles. The largest absolute Gasteiger partial charge is 0.393 e. The molecule has 2 N–H and O–H groups in total. The molecule has 4 aliphatic rings. The minimum absolute atomic E-state index is 0.00830. The lowest BCUT2D eigenvalue weighted by Gasteiger charge is -2.60. The summed E-state index contributed by atoms with van der Waals surface area (Å²) in [4.78, 5) is 0. The van der Waals surface area contributed by atoms with Gasteiger partial charge in [0.1, 0.15) is 0 Å². The number of hydrogen-bond acceptors (Lipinski definition) is 2. The van der Waals surface area contributed by atoms with E-state index >= 15 is 0 Å². The average Bonchev–Trinajstić information content (AvgIpc) is 2.95. The van der Waals surface area contributed by atoms with Gasteiger partial charge in [0.25, 0.3) is 0 Å². The molecule has 0 amide bonds. The minimum atomic E-state index is -0.358. The number of aliphatic hydroxyl groups excluding tert-OH is 2. The number of rotatable bonds is 1. The SMILES string of the molecule is C[C@]12CC[C@@H](O)C[C@@H]1CC[C@@H]1[C@@H]2CC[C@]2(C)[C@@H](O)/C(=C/c3ccccc3Cl)C[C@@H]12. The Morgan fingerprint density at radius 3 is 2.52 bits per heavy atom. The van der Waals surface area contributed by atoms with Crippen LogP contribution in [0.5, 0.6) is 0 Å². The molecule has 3 heteroatoms. The second kappa shape index (κ2) is 7.11. The zero-order valence-corrected chi connectivity index (χ0v) is 18.5. The van der Waals surface area contributed by atoms with Gasteiger partial charge in [-0.1, -0.05) is 49.7 Å². The van der Waals surface area contributed by atoms with Crippen LogP contribution in [0.15, 0.2) is 29.8 Å². The van der Waals surface area contributed by atoms with Crippen LogP contribution in [-0.4, -0.2) is 22.4 Å². The smallest absolute Gasteiger partial charge is 0.0809 e. The van der Waals surface area contributed by atoms with Crippen LogP contribution in [-0.2, 0) is 0 Å². The van der Waals surface area contributed by atoms with Gasteiger partial charge in [-0.25, -0.2) is 0 Å². The first kappa shape index (κ1) is 20.1. The molecule has 0 aliphatic heterocycles. The van der Waals surface area contributed by atoms with E-state index in [1.165, 1.54) is 31.3 Å². The molecule has 1 aromatic rings. The fraction of sp³-hybridized carbons (Fsp3) is 0.692. The zero-order valence-electron chi connectivity index (χ0n) is 17.8. The summed E-state index contributed by atoms with van der Waals surface area (Å²) in [6.07, 6.45) is 10.7. The van der Waals surface area contributed by atoms with Crippen LogP contribution in [0.1, 0.15) is 70.8 Å². The van der Waals surface area contributed by atoms with Crippen molar-refractivity contribution < 1.29 is 10.2 Å². The molecule has 2 nitrogen and oxygen atoms in total. The Hall–Kier alpha value is -0.830. The summed E-state index contributed by atoms with van der Waals surface area (Å²) in [7, 11) is 0. The molecule has 4 fully saturated rings. The topological polar surface area (TPSA) is 40.5 Å². The second-order valence-corrected chi connectivity index (χ2v) is 11.4. The van der Waals surface area contributed by atoms with Gasteiger partial charge in [0, 0.05) is 10.4 Å². The Labute approximate surface area is 180 Å². The van der Waals surface area contributed by atoms with Crippen molar-refractivity contribution in [3.63, 3.8) is 0 Å². The molecule has 0 aromatic heterocycles. The van der Waals surface area contributed by atoms with Crippen molar-refractivity contribution in [1.29, 1.82) is 0 Å². The highest BCUT2D eigenvalue weighted by atomic mass is 35.5. The Bertz CT molecular complexity index is 819. The molecule has 1 aromatic carbocycles. The van der Waals surface area contributed by atoms with Gasteiger partial charge in [-0.15, -0.1) is 0 Å². The van der Waals surface area contributed by atoms with Gasteiger partial charge in [0.15, 0.2) is 0 Å². The molecule has 4 saturated carbocycles. The standard InChI is InChI=1S/C26H35ClO2/c1-25-11-9-19(28)15-18(25)7-8-20-21(25)10-12-26(2)22(20)14-17(24(26)29)13-16-5-3-4-6-23(16)27/h3-6,13,18-22,24,28-29H,7-12,14-15H2,1-2H3/b17-13+/t18-,19+,20+,21-,22-,24-,25-,26-/m0/s1. The highest BCUT2D eigenvalue weighted by Crippen LogP contribution is 2.67. The van der Waals surface area contributed by atoms with Crippen LogP contribution >= 0.6 is 11.6 Å². The summed E-state index contributed by atoms with van der Waals surface area (Å²) in [6, 6.07) is 7.96. The second-order valence-electron chi connectivity index (χ2n) is 11.0. The van der Waals surface area contributed by atoms with Gasteiger partial charge in [0.2, 0.25) is 0 Å². The quantitative estimate of drug-likeness (QED) is 0.583. The van der Waals surface area contributed by atoms with Gasteiger partial charge >= 0.3 is 0 Å². The van der Waals surface area contributed by atoms with E-state index in [-0.39, 0.29) is 17.6 Å². The lowest BCUT2D eigenvalue weighted by atomic mass is 9.45. The highest BCUT2D eigenvalue weighted by molar-refractivity contribution is 6.32. The molecule has 158 valence electrons. The molecule has 0 saturated heterocycles. The first-order valence-electron chi connectivity index (χ1n) is 11.6. The Morgan fingerprint density at radius 1 is 0.966 bits per heavy atom. The van der Waals surface area contributed by atoms with Crippen LogP contribution in [0.3, 0.4) is 0 Å². The summed E-state index contributed by atoms with van der Waals surface area (Å²) in [5, 5.41) is 22.4. The zero-order chi connectivity index (χ0) is 20.4. The van der Waals surface area contributed by atoms with Gasteiger partial charge < -0.3 is 10.2 Å². The van der Waals surface area contributed by atoms with Crippen LogP contribution in [0, 0.1) is 34.5 Å². The first-order valence-corrected chi connectivity index (χ1v) is 12.0. The van der Waals surface area contributed by atoms with Crippen LogP contribution < -0.4 is 0 Å². The Balaban J connectivity index is 1.45. The summed E-state index contributed by atoms with van der Waals surface area (Å²) in [6.45, 7) is 4.86. The monoisotopic (exact) mass is 414 g/mol. The Kier molecular flexibility index (Phi) is 4.92. The summed E-state index contributed by atoms with van der Waals surface area (Å²) in [5.41, 5.74) is 2.58. The van der Waals surface area contributed by atoms with Crippen LogP contribution in [0.2, 0.25) is 5.02 Å². The summed E-state index contributed by atoms with van der Waals surface area (Å²) < 4.78 is 0. The van der Waals surface area contributed by atoms with Gasteiger partial charge in [0.05, 0.1) is 12.2 Å². The van der Waals surface area contributed by atoms with E-state index in [0.29, 0.717) is 23.2 Å². The van der Waals surface area contributed by atoms with Crippen molar-refractivity contribution in [2.24, 2.45) is 34.5 Å². The molecule has 0 spiro atoms. The number of halogens is 1. The molecule has 29 heavy (non-hydrogen) atoms. The van der Waals surface area contributed by atoms with Crippen molar-refractivity contribution in [3.05, 3.63) is 40.4 Å². The van der Waals surface area contributed by atoms with Gasteiger partial charge in [-0.2, -0.15) is 0 Å². The summed E-state index contributed by atoms with van der Waals surface area (Å²) in [5.74, 6) is 2.70. The van der Waals surface area contributed by atoms with Gasteiger partial charge in [-0.05, 0) is 97.7 Å². The third-order valence-corrected chi connectivity index (χ3v) is 10.1. The molecule has 0 radical (unpaired) electrons. The van der Waals surface area contributed by atoms with E-state index in [1.54, 1.807) is 0 Å². The van der Waals surface area contributed by atoms with E-state index in [2.05, 4.69) is 26.0 Å². The first-order chi connectivity index (χ1) is 13.8. The number of hydrogen-bond donors (Lipinski definition) is 2. The Morgan fingerprint density at radius 2 is 1.72 bits per heavy atom. The molecule has 8 atom stereocenters. The van der Waals surface area contributed by atoms with Crippen molar-refractivity contribution >= 4 is 17.7 Å². The lowest BCUT2D eigenvalue weighted by molar-refractivity contribution is -0.133. The van der Waals surface area contributed by atoms with E-state index in [9.17, 15) is 10.2 Å². The fourth-order valence-corrected chi connectivity index (χ4v) is 8.22. The van der Waals surface area contributed by atoms with Crippen molar-refractivity contribution in [1.82, 2.24) is 0 Å². The number of benzene rings is 1. The molecular formula is C26H35ClO2. The molecular weight excluding hydrogens is 380 g/mol. The van der Waals surface area contributed by atoms with E-state index < -0.39 is 0 Å². The van der Waals surface area contributed by atoms with Gasteiger partial charge in [-0.3, -0.25) is 0 Å². The van der Waals surface area contributed by atoms with Crippen LogP contribution in [0.4, 0.5) is 0 Å². The highest BCUT2D eigenvalue weighted by Gasteiger charge is 2.61. The number of fused-ring (bicyclic) bond motifs is 5. The molecule has 5 rings (SSSR count). The van der Waals surface area contributed by atoms with E-state index in [1.807, 2.05) is 18.2 Å². The van der Waals surface area contributed by atoms with Crippen molar-refractivity contribution in [2.45, 2.75) is 77.4 Å². The van der Waals surface area contributed by atoms with E-state index in [4.69, 9.17) is 11.6 Å². The predicted molar refractivity (Wildman–Crippen MR) is 119 cm³/mol. The van der Waals surface area contributed by atoms with Crippen molar-refractivity contribution in [3.8, 4) is 0 Å². The molecule has 0 unspecified atom stereocenters.